The van der Waals surface area contributed by atoms with Gasteiger partial charge < -0.3 is 14.4 Å². The Morgan fingerprint density at radius 2 is 1.82 bits per heavy atom. The molecule has 3 aromatic heterocycles. The molecule has 4 heterocycles. The van der Waals surface area contributed by atoms with Crippen LogP contribution in [0, 0.1) is 5.41 Å². The first-order chi connectivity index (χ1) is 16.4. The summed E-state index contributed by atoms with van der Waals surface area (Å²) in [5.41, 5.74) is 2.65. The molecule has 4 aromatic rings. The quantitative estimate of drug-likeness (QED) is 0.345. The standard InChI is InChI=1S/C25H27ClN6O2/c1-25(2)10-13-31(14-11-25)20-15-28-21-23(29-20)32(16-17-6-8-18(33-3)9-7-17)30-24(21)34-19-5-4-12-27-22(19)26/h4-9,12,15H,10-11,13-14,16H2,1-3H3. The zero-order valence-electron chi connectivity index (χ0n) is 19.5. The SMILES string of the molecule is COc1ccc(Cn2nc(Oc3cccnc3Cl)c3ncc(N4CCC(C)(C)CC4)nc32)cc1. The van der Waals surface area contributed by atoms with E-state index in [1.165, 1.54) is 0 Å². The lowest BCUT2D eigenvalue weighted by Gasteiger charge is -2.37. The maximum Gasteiger partial charge on any atom is 0.267 e. The largest absolute Gasteiger partial charge is 0.497 e. The maximum atomic E-state index is 6.21. The summed E-state index contributed by atoms with van der Waals surface area (Å²) in [6, 6.07) is 11.4. The second-order valence-corrected chi connectivity index (χ2v) is 9.61. The van der Waals surface area contributed by atoms with Crippen LogP contribution in [0.5, 0.6) is 17.4 Å². The highest BCUT2D eigenvalue weighted by atomic mass is 35.5. The minimum absolute atomic E-state index is 0.265. The van der Waals surface area contributed by atoms with Crippen LogP contribution in [0.1, 0.15) is 32.3 Å². The number of methoxy groups -OCH3 is 1. The zero-order chi connectivity index (χ0) is 23.7. The number of piperidine rings is 1. The van der Waals surface area contributed by atoms with Crippen molar-refractivity contribution in [2.24, 2.45) is 5.41 Å². The van der Waals surface area contributed by atoms with Crippen LogP contribution in [-0.4, -0.2) is 44.9 Å². The molecule has 1 fully saturated rings. The topological polar surface area (TPSA) is 78.2 Å². The fourth-order valence-corrected chi connectivity index (χ4v) is 4.19. The number of nitrogens with zero attached hydrogens (tertiary/aromatic N) is 6. The number of benzene rings is 1. The molecule has 0 amide bonds. The van der Waals surface area contributed by atoms with Crippen LogP contribution in [0.15, 0.2) is 48.8 Å². The number of rotatable bonds is 6. The molecule has 0 saturated carbocycles. The molecule has 0 unspecified atom stereocenters. The Balaban J connectivity index is 1.52. The molecule has 5 rings (SSSR count). The van der Waals surface area contributed by atoms with Gasteiger partial charge in [0, 0.05) is 19.3 Å². The molecule has 0 N–H and O–H groups in total. The minimum atomic E-state index is 0.265. The molecule has 1 aliphatic heterocycles. The first-order valence-corrected chi connectivity index (χ1v) is 11.7. The Labute approximate surface area is 203 Å². The van der Waals surface area contributed by atoms with Crippen LogP contribution in [0.3, 0.4) is 0 Å². The highest BCUT2D eigenvalue weighted by Gasteiger charge is 2.27. The Morgan fingerprint density at radius 3 is 2.53 bits per heavy atom. The van der Waals surface area contributed by atoms with Crippen molar-refractivity contribution in [1.29, 1.82) is 0 Å². The zero-order valence-corrected chi connectivity index (χ0v) is 20.3. The lowest BCUT2D eigenvalue weighted by atomic mass is 9.83. The van der Waals surface area contributed by atoms with Crippen molar-refractivity contribution in [1.82, 2.24) is 24.7 Å². The van der Waals surface area contributed by atoms with Gasteiger partial charge >= 0.3 is 0 Å². The highest BCUT2D eigenvalue weighted by Crippen LogP contribution is 2.34. The minimum Gasteiger partial charge on any atom is -0.497 e. The number of pyridine rings is 1. The Kier molecular flexibility index (Phi) is 6.00. The van der Waals surface area contributed by atoms with Gasteiger partial charge in [0.15, 0.2) is 22.1 Å². The Bertz CT molecular complexity index is 1290. The summed E-state index contributed by atoms with van der Waals surface area (Å²) in [4.78, 5) is 16.1. The highest BCUT2D eigenvalue weighted by molar-refractivity contribution is 6.30. The third kappa shape index (κ3) is 4.63. The molecule has 8 nitrogen and oxygen atoms in total. The van der Waals surface area contributed by atoms with Crippen molar-refractivity contribution in [2.45, 2.75) is 33.2 Å². The summed E-state index contributed by atoms with van der Waals surface area (Å²) in [6.45, 7) is 7.05. The number of halogens is 1. The van der Waals surface area contributed by atoms with Gasteiger partial charge in [-0.2, -0.15) is 0 Å². The molecule has 1 aromatic carbocycles. The second-order valence-electron chi connectivity index (χ2n) is 9.26. The number of anilines is 1. The second kappa shape index (κ2) is 9.10. The fraction of sp³-hybridized carbons (Fsp3) is 0.360. The summed E-state index contributed by atoms with van der Waals surface area (Å²) >= 11 is 6.21. The van der Waals surface area contributed by atoms with Gasteiger partial charge in [0.05, 0.1) is 19.9 Å². The summed E-state index contributed by atoms with van der Waals surface area (Å²) in [5.74, 6) is 2.42. The van der Waals surface area contributed by atoms with E-state index in [1.54, 1.807) is 31.6 Å². The van der Waals surface area contributed by atoms with E-state index < -0.39 is 0 Å². The molecule has 9 heteroatoms. The molecule has 0 atom stereocenters. The van der Waals surface area contributed by atoms with E-state index in [2.05, 4.69) is 23.7 Å². The first kappa shape index (κ1) is 22.4. The van der Waals surface area contributed by atoms with E-state index in [-0.39, 0.29) is 5.15 Å². The van der Waals surface area contributed by atoms with Crippen molar-refractivity contribution in [3.63, 3.8) is 0 Å². The van der Waals surface area contributed by atoms with Gasteiger partial charge in [0.2, 0.25) is 0 Å². The summed E-state index contributed by atoms with van der Waals surface area (Å²) in [5, 5.41) is 4.97. The van der Waals surface area contributed by atoms with Crippen LogP contribution in [0.25, 0.3) is 11.2 Å². The normalized spacial score (nSPS) is 15.5. The van der Waals surface area contributed by atoms with Gasteiger partial charge in [-0.05, 0) is 48.1 Å². The number of hydrogen-bond acceptors (Lipinski definition) is 7. The molecule has 0 spiro atoms. The van der Waals surface area contributed by atoms with Gasteiger partial charge in [-0.15, -0.1) is 5.10 Å². The molecule has 0 bridgehead atoms. The summed E-state index contributed by atoms with van der Waals surface area (Å²) < 4.78 is 13.1. The molecule has 34 heavy (non-hydrogen) atoms. The van der Waals surface area contributed by atoms with E-state index in [4.69, 9.17) is 36.1 Å². The third-order valence-electron chi connectivity index (χ3n) is 6.26. The number of aromatic nitrogens is 5. The van der Waals surface area contributed by atoms with Crippen LogP contribution < -0.4 is 14.4 Å². The molecule has 1 saturated heterocycles. The Hall–Kier alpha value is -3.39. The molecule has 176 valence electrons. The average molecular weight is 479 g/mol. The average Bonchev–Trinajstić information content (AvgIpc) is 3.17. The first-order valence-electron chi connectivity index (χ1n) is 11.3. The van der Waals surface area contributed by atoms with Crippen LogP contribution >= 0.6 is 11.6 Å². The van der Waals surface area contributed by atoms with Gasteiger partial charge in [-0.1, -0.05) is 37.6 Å². The van der Waals surface area contributed by atoms with E-state index in [9.17, 15) is 0 Å². The molecule has 0 radical (unpaired) electrons. The van der Waals surface area contributed by atoms with Crippen LogP contribution in [0.2, 0.25) is 5.15 Å². The fourth-order valence-electron chi connectivity index (χ4n) is 4.03. The van der Waals surface area contributed by atoms with Crippen molar-refractivity contribution < 1.29 is 9.47 Å². The van der Waals surface area contributed by atoms with Crippen molar-refractivity contribution in [2.75, 3.05) is 25.1 Å². The van der Waals surface area contributed by atoms with Crippen molar-refractivity contribution in [3.8, 4) is 17.4 Å². The van der Waals surface area contributed by atoms with Crippen molar-refractivity contribution >= 4 is 28.6 Å². The number of fused-ring (bicyclic) bond motifs is 1. The molecule has 1 aliphatic rings. The van der Waals surface area contributed by atoms with E-state index in [0.29, 0.717) is 34.8 Å². The summed E-state index contributed by atoms with van der Waals surface area (Å²) in [6.07, 6.45) is 5.65. The van der Waals surface area contributed by atoms with Crippen LogP contribution in [0.4, 0.5) is 5.82 Å². The predicted molar refractivity (Wildman–Crippen MR) is 132 cm³/mol. The molecular weight excluding hydrogens is 452 g/mol. The summed E-state index contributed by atoms with van der Waals surface area (Å²) in [7, 11) is 1.65. The monoisotopic (exact) mass is 478 g/mol. The Morgan fingerprint density at radius 1 is 1.06 bits per heavy atom. The van der Waals surface area contributed by atoms with Crippen molar-refractivity contribution in [3.05, 3.63) is 59.5 Å². The van der Waals surface area contributed by atoms with E-state index in [0.717, 1.165) is 43.1 Å². The van der Waals surface area contributed by atoms with Gasteiger partial charge in [0.1, 0.15) is 11.6 Å². The smallest absolute Gasteiger partial charge is 0.267 e. The van der Waals surface area contributed by atoms with E-state index in [1.807, 2.05) is 28.9 Å². The van der Waals surface area contributed by atoms with Crippen LogP contribution in [-0.2, 0) is 6.54 Å². The van der Waals surface area contributed by atoms with Gasteiger partial charge in [-0.25, -0.2) is 19.6 Å². The lowest BCUT2D eigenvalue weighted by Crippen LogP contribution is -2.37. The van der Waals surface area contributed by atoms with Gasteiger partial charge in [-0.3, -0.25) is 0 Å². The number of ether oxygens (including phenoxy) is 2. The predicted octanol–water partition coefficient (Wildman–Crippen LogP) is 5.35. The number of hydrogen-bond donors (Lipinski definition) is 0. The maximum absolute atomic E-state index is 6.21. The molecule has 0 aliphatic carbocycles. The third-order valence-corrected chi connectivity index (χ3v) is 6.55. The van der Waals surface area contributed by atoms with E-state index >= 15 is 0 Å². The molecular formula is C25H27ClN6O2. The van der Waals surface area contributed by atoms with Gasteiger partial charge in [0.25, 0.3) is 5.88 Å². The lowest BCUT2D eigenvalue weighted by molar-refractivity contribution is 0.279.